The van der Waals surface area contributed by atoms with Crippen molar-refractivity contribution >= 4 is 11.8 Å². The molecule has 2 rings (SSSR count). The van der Waals surface area contributed by atoms with Crippen LogP contribution in [0.2, 0.25) is 0 Å². The molecular formula is C11H13F2NS. The van der Waals surface area contributed by atoms with Crippen molar-refractivity contribution in [3.63, 3.8) is 0 Å². The standard InChI is InChI=1S/C11H13F2NS/c12-8-3-4-10(13)11(6-8)15-7-9-2-1-5-14-9/h3-4,6,9,14H,1-2,5,7H2/t9-/m0/s1. The number of hydrogen-bond acceptors (Lipinski definition) is 2. The van der Waals surface area contributed by atoms with Crippen molar-refractivity contribution in [3.8, 4) is 0 Å². The van der Waals surface area contributed by atoms with Crippen LogP contribution in [0, 0.1) is 11.6 Å². The number of rotatable bonds is 3. The second kappa shape index (κ2) is 4.94. The topological polar surface area (TPSA) is 12.0 Å². The number of nitrogens with one attached hydrogen (secondary N) is 1. The van der Waals surface area contributed by atoms with E-state index in [4.69, 9.17) is 0 Å². The molecule has 1 aliphatic rings. The van der Waals surface area contributed by atoms with Gasteiger partial charge in [0.1, 0.15) is 11.6 Å². The highest BCUT2D eigenvalue weighted by Gasteiger charge is 2.15. The molecule has 0 bridgehead atoms. The lowest BCUT2D eigenvalue weighted by atomic mass is 10.3. The molecule has 1 aromatic rings. The summed E-state index contributed by atoms with van der Waals surface area (Å²) in [6.07, 6.45) is 2.31. The molecule has 4 heteroatoms. The van der Waals surface area contributed by atoms with Gasteiger partial charge in [0.05, 0.1) is 0 Å². The highest BCUT2D eigenvalue weighted by atomic mass is 32.2. The summed E-state index contributed by atoms with van der Waals surface area (Å²) < 4.78 is 26.1. The normalized spacial score (nSPS) is 20.8. The van der Waals surface area contributed by atoms with Crippen LogP contribution in [0.1, 0.15) is 12.8 Å². The minimum absolute atomic E-state index is 0.334. The second-order valence-electron chi connectivity index (χ2n) is 3.68. The molecule has 0 spiro atoms. The van der Waals surface area contributed by atoms with Gasteiger partial charge in [-0.2, -0.15) is 0 Å². The van der Waals surface area contributed by atoms with E-state index in [0.717, 1.165) is 24.8 Å². The van der Waals surface area contributed by atoms with Gasteiger partial charge < -0.3 is 5.32 Å². The Bertz CT molecular complexity index is 337. The van der Waals surface area contributed by atoms with Crippen molar-refractivity contribution in [1.29, 1.82) is 0 Å². The summed E-state index contributed by atoms with van der Waals surface area (Å²) >= 11 is 1.38. The number of hydrogen-bond donors (Lipinski definition) is 1. The highest BCUT2D eigenvalue weighted by molar-refractivity contribution is 7.99. The van der Waals surface area contributed by atoms with Crippen molar-refractivity contribution in [1.82, 2.24) is 5.32 Å². The predicted molar refractivity (Wildman–Crippen MR) is 58.1 cm³/mol. The van der Waals surface area contributed by atoms with Gasteiger partial charge in [-0.3, -0.25) is 0 Å². The third-order valence-electron chi connectivity index (χ3n) is 2.50. The molecule has 0 aromatic heterocycles. The third kappa shape index (κ3) is 2.92. The Kier molecular flexibility index (Phi) is 3.59. The fraction of sp³-hybridized carbons (Fsp3) is 0.455. The molecule has 1 fully saturated rings. The molecule has 82 valence electrons. The number of halogens is 2. The first-order valence-corrected chi connectivity index (χ1v) is 6.05. The maximum absolute atomic E-state index is 13.2. The molecule has 1 heterocycles. The van der Waals surface area contributed by atoms with Gasteiger partial charge >= 0.3 is 0 Å². The SMILES string of the molecule is Fc1ccc(F)c(SC[C@@H]2CCCN2)c1. The van der Waals surface area contributed by atoms with Crippen molar-refractivity contribution < 1.29 is 8.78 Å². The van der Waals surface area contributed by atoms with Crippen LogP contribution in [-0.2, 0) is 0 Å². The van der Waals surface area contributed by atoms with Crippen molar-refractivity contribution in [2.75, 3.05) is 12.3 Å². The molecule has 1 saturated heterocycles. The first-order chi connectivity index (χ1) is 7.25. The predicted octanol–water partition coefficient (Wildman–Crippen LogP) is 2.81. The maximum atomic E-state index is 13.2. The maximum Gasteiger partial charge on any atom is 0.136 e. The smallest absolute Gasteiger partial charge is 0.136 e. The van der Waals surface area contributed by atoms with Crippen molar-refractivity contribution in [3.05, 3.63) is 29.8 Å². The van der Waals surface area contributed by atoms with Crippen LogP contribution in [0.4, 0.5) is 8.78 Å². The Hall–Kier alpha value is -0.610. The van der Waals surface area contributed by atoms with E-state index in [1.54, 1.807) is 0 Å². The average molecular weight is 229 g/mol. The van der Waals surface area contributed by atoms with E-state index in [0.29, 0.717) is 10.9 Å². The van der Waals surface area contributed by atoms with E-state index >= 15 is 0 Å². The largest absolute Gasteiger partial charge is 0.313 e. The lowest BCUT2D eigenvalue weighted by Crippen LogP contribution is -2.23. The van der Waals surface area contributed by atoms with Gasteiger partial charge in [-0.25, -0.2) is 8.78 Å². The van der Waals surface area contributed by atoms with Crippen LogP contribution in [0.5, 0.6) is 0 Å². The summed E-state index contributed by atoms with van der Waals surface area (Å²) in [5, 5.41) is 3.32. The van der Waals surface area contributed by atoms with E-state index in [9.17, 15) is 8.78 Å². The van der Waals surface area contributed by atoms with E-state index in [2.05, 4.69) is 5.32 Å². The first kappa shape index (κ1) is 10.9. The van der Waals surface area contributed by atoms with Gasteiger partial charge in [-0.15, -0.1) is 11.8 Å². The summed E-state index contributed by atoms with van der Waals surface area (Å²) in [6.45, 7) is 1.04. The van der Waals surface area contributed by atoms with Gasteiger partial charge in [-0.1, -0.05) is 0 Å². The molecule has 1 atom stereocenters. The minimum atomic E-state index is -0.377. The van der Waals surface area contributed by atoms with Gasteiger partial charge in [0, 0.05) is 16.7 Å². The van der Waals surface area contributed by atoms with Crippen molar-refractivity contribution in [2.24, 2.45) is 0 Å². The van der Waals surface area contributed by atoms with Crippen LogP contribution < -0.4 is 5.32 Å². The second-order valence-corrected chi connectivity index (χ2v) is 4.74. The Balaban J connectivity index is 1.94. The molecule has 0 amide bonds. The molecule has 0 unspecified atom stereocenters. The summed E-state index contributed by atoms with van der Waals surface area (Å²) in [4.78, 5) is 0.406. The zero-order valence-corrected chi connectivity index (χ0v) is 9.12. The van der Waals surface area contributed by atoms with Crippen molar-refractivity contribution in [2.45, 2.75) is 23.8 Å². The van der Waals surface area contributed by atoms with E-state index < -0.39 is 0 Å². The van der Waals surface area contributed by atoms with E-state index in [1.807, 2.05) is 0 Å². The fourth-order valence-corrected chi connectivity index (χ4v) is 2.74. The average Bonchev–Trinajstić information content (AvgIpc) is 2.72. The van der Waals surface area contributed by atoms with Gasteiger partial charge in [-0.05, 0) is 37.6 Å². The monoisotopic (exact) mass is 229 g/mol. The number of thioether (sulfide) groups is 1. The Morgan fingerprint density at radius 2 is 2.27 bits per heavy atom. The van der Waals surface area contributed by atoms with E-state index in [-0.39, 0.29) is 11.6 Å². The van der Waals surface area contributed by atoms with Gasteiger partial charge in [0.2, 0.25) is 0 Å². The Labute approximate surface area is 92.3 Å². The fourth-order valence-electron chi connectivity index (χ4n) is 1.68. The highest BCUT2D eigenvalue weighted by Crippen LogP contribution is 2.24. The van der Waals surface area contributed by atoms with Crippen LogP contribution >= 0.6 is 11.8 Å². The van der Waals surface area contributed by atoms with Crippen LogP contribution in [0.25, 0.3) is 0 Å². The van der Waals surface area contributed by atoms with Crippen LogP contribution in [-0.4, -0.2) is 18.3 Å². The zero-order valence-electron chi connectivity index (χ0n) is 8.30. The molecule has 15 heavy (non-hydrogen) atoms. The molecule has 1 aromatic carbocycles. The van der Waals surface area contributed by atoms with Gasteiger partial charge in [0.25, 0.3) is 0 Å². The lowest BCUT2D eigenvalue weighted by molar-refractivity contribution is 0.576. The molecule has 1 aliphatic heterocycles. The lowest BCUT2D eigenvalue weighted by Gasteiger charge is -2.09. The Morgan fingerprint density at radius 1 is 1.40 bits per heavy atom. The van der Waals surface area contributed by atoms with Crippen LogP contribution in [0.3, 0.4) is 0 Å². The number of benzene rings is 1. The molecular weight excluding hydrogens is 216 g/mol. The summed E-state index contributed by atoms with van der Waals surface area (Å²) in [6, 6.07) is 4.03. The zero-order chi connectivity index (χ0) is 10.7. The molecule has 0 radical (unpaired) electrons. The minimum Gasteiger partial charge on any atom is -0.313 e. The molecule has 0 aliphatic carbocycles. The first-order valence-electron chi connectivity index (χ1n) is 5.07. The van der Waals surface area contributed by atoms with E-state index in [1.165, 1.54) is 30.3 Å². The summed E-state index contributed by atoms with van der Waals surface area (Å²) in [7, 11) is 0. The van der Waals surface area contributed by atoms with Crippen LogP contribution in [0.15, 0.2) is 23.1 Å². The molecule has 1 nitrogen and oxygen atoms in total. The van der Waals surface area contributed by atoms with Gasteiger partial charge in [0.15, 0.2) is 0 Å². The summed E-state index contributed by atoms with van der Waals surface area (Å²) in [5.41, 5.74) is 0. The molecule has 1 N–H and O–H groups in total. The summed E-state index contributed by atoms with van der Waals surface area (Å²) in [5.74, 6) is 0.0954. The third-order valence-corrected chi connectivity index (χ3v) is 3.69. The Morgan fingerprint density at radius 3 is 3.00 bits per heavy atom. The molecule has 0 saturated carbocycles. The quantitative estimate of drug-likeness (QED) is 0.800.